The molecule has 0 bridgehead atoms. The summed E-state index contributed by atoms with van der Waals surface area (Å²) in [6.07, 6.45) is 4.52. The van der Waals surface area contributed by atoms with Crippen molar-refractivity contribution in [1.82, 2.24) is 10.2 Å². The second kappa shape index (κ2) is 4.52. The smallest absolute Gasteiger partial charge is 0.222 e. The number of carbonyl (C=O) groups is 1. The molecule has 2 fully saturated rings. The number of carbonyl (C=O) groups excluding carboxylic acids is 1. The second-order valence-corrected chi connectivity index (χ2v) is 5.13. The first-order valence-electron chi connectivity index (χ1n) is 6.23. The minimum atomic E-state index is 0.309. The maximum Gasteiger partial charge on any atom is 0.222 e. The Hall–Kier alpha value is -0.570. The van der Waals surface area contributed by atoms with E-state index in [0.29, 0.717) is 24.3 Å². The first-order chi connectivity index (χ1) is 7.19. The summed E-state index contributed by atoms with van der Waals surface area (Å²) < 4.78 is 0. The molecule has 0 aromatic heterocycles. The molecule has 2 unspecified atom stereocenters. The molecule has 2 rings (SSSR count). The van der Waals surface area contributed by atoms with Gasteiger partial charge < -0.3 is 10.2 Å². The van der Waals surface area contributed by atoms with E-state index in [-0.39, 0.29) is 0 Å². The summed E-state index contributed by atoms with van der Waals surface area (Å²) in [5.41, 5.74) is 0. The Balaban J connectivity index is 1.87. The quantitative estimate of drug-likeness (QED) is 0.763. The van der Waals surface area contributed by atoms with E-state index in [1.54, 1.807) is 0 Å². The topological polar surface area (TPSA) is 32.3 Å². The molecule has 1 aliphatic heterocycles. The Bertz CT molecular complexity index is 236. The highest BCUT2D eigenvalue weighted by molar-refractivity contribution is 5.76. The zero-order valence-corrected chi connectivity index (χ0v) is 9.83. The van der Waals surface area contributed by atoms with Crippen molar-refractivity contribution < 1.29 is 4.79 Å². The van der Waals surface area contributed by atoms with Crippen LogP contribution in [-0.2, 0) is 4.79 Å². The fourth-order valence-electron chi connectivity index (χ4n) is 2.48. The summed E-state index contributed by atoms with van der Waals surface area (Å²) in [4.78, 5) is 13.7. The van der Waals surface area contributed by atoms with Gasteiger partial charge in [0.15, 0.2) is 0 Å². The molecule has 2 atom stereocenters. The molecule has 0 radical (unpaired) electrons. The largest absolute Gasteiger partial charge is 0.341 e. The average molecular weight is 210 g/mol. The normalized spacial score (nSPS) is 31.7. The van der Waals surface area contributed by atoms with Crippen molar-refractivity contribution in [2.24, 2.45) is 5.92 Å². The lowest BCUT2D eigenvalue weighted by Crippen LogP contribution is -2.51. The maximum absolute atomic E-state index is 11.7. The van der Waals surface area contributed by atoms with Crippen LogP contribution in [0.4, 0.5) is 0 Å². The first kappa shape index (κ1) is 10.9. The van der Waals surface area contributed by atoms with Gasteiger partial charge in [0, 0.05) is 31.6 Å². The molecule has 0 aromatic rings. The van der Waals surface area contributed by atoms with E-state index >= 15 is 0 Å². The van der Waals surface area contributed by atoms with Crippen LogP contribution in [0.2, 0.25) is 0 Å². The van der Waals surface area contributed by atoms with Crippen LogP contribution in [0.1, 0.15) is 39.5 Å². The molecule has 0 spiro atoms. The molecule has 1 N–H and O–H groups in total. The number of likely N-dealkylation sites (tertiary alicyclic amines) is 1. The van der Waals surface area contributed by atoms with Gasteiger partial charge in [0.2, 0.25) is 5.91 Å². The molecule has 1 heterocycles. The third kappa shape index (κ3) is 2.94. The van der Waals surface area contributed by atoms with Crippen LogP contribution in [0.5, 0.6) is 0 Å². The lowest BCUT2D eigenvalue weighted by molar-refractivity contribution is -0.133. The van der Waals surface area contributed by atoms with E-state index in [0.717, 1.165) is 19.1 Å². The Morgan fingerprint density at radius 1 is 1.33 bits per heavy atom. The lowest BCUT2D eigenvalue weighted by Gasteiger charge is -2.37. The number of rotatable bonds is 3. The van der Waals surface area contributed by atoms with Crippen molar-refractivity contribution in [3.63, 3.8) is 0 Å². The van der Waals surface area contributed by atoms with E-state index in [1.807, 2.05) is 11.8 Å². The first-order valence-corrected chi connectivity index (χ1v) is 6.23. The SMILES string of the molecule is CCC(=O)N1CC(C)CC(NC2CC2)C1. The minimum absolute atomic E-state index is 0.309. The van der Waals surface area contributed by atoms with Gasteiger partial charge in [-0.25, -0.2) is 0 Å². The van der Waals surface area contributed by atoms with Gasteiger partial charge in [-0.2, -0.15) is 0 Å². The van der Waals surface area contributed by atoms with Crippen LogP contribution >= 0.6 is 0 Å². The molecular weight excluding hydrogens is 188 g/mol. The summed E-state index contributed by atoms with van der Waals surface area (Å²) in [5.74, 6) is 0.953. The van der Waals surface area contributed by atoms with E-state index in [1.165, 1.54) is 19.3 Å². The Labute approximate surface area is 92.2 Å². The number of hydrogen-bond acceptors (Lipinski definition) is 2. The van der Waals surface area contributed by atoms with Gasteiger partial charge in [-0.3, -0.25) is 4.79 Å². The van der Waals surface area contributed by atoms with Crippen LogP contribution in [0.25, 0.3) is 0 Å². The molecule has 1 aliphatic carbocycles. The van der Waals surface area contributed by atoms with E-state index in [4.69, 9.17) is 0 Å². The highest BCUT2D eigenvalue weighted by atomic mass is 16.2. The Morgan fingerprint density at radius 3 is 2.67 bits per heavy atom. The Kier molecular flexibility index (Phi) is 3.29. The molecule has 1 saturated heterocycles. The lowest BCUT2D eigenvalue weighted by atomic mass is 9.95. The van der Waals surface area contributed by atoms with Crippen molar-refractivity contribution in [2.75, 3.05) is 13.1 Å². The predicted octanol–water partition coefficient (Wildman–Crippen LogP) is 1.39. The molecule has 0 aromatic carbocycles. The van der Waals surface area contributed by atoms with Crippen molar-refractivity contribution >= 4 is 5.91 Å². The van der Waals surface area contributed by atoms with E-state index in [2.05, 4.69) is 12.2 Å². The highest BCUT2D eigenvalue weighted by Gasteiger charge is 2.31. The standard InChI is InChI=1S/C12H22N2O/c1-3-12(15)14-7-9(2)6-11(8-14)13-10-4-5-10/h9-11,13H,3-8H2,1-2H3. The van der Waals surface area contributed by atoms with Gasteiger partial charge in [-0.05, 0) is 25.2 Å². The fourth-order valence-corrected chi connectivity index (χ4v) is 2.48. The summed E-state index contributed by atoms with van der Waals surface area (Å²) in [7, 11) is 0. The molecule has 1 saturated carbocycles. The van der Waals surface area contributed by atoms with E-state index in [9.17, 15) is 4.79 Å². The number of piperidine rings is 1. The molecule has 2 aliphatic rings. The van der Waals surface area contributed by atoms with Crippen LogP contribution in [-0.4, -0.2) is 36.0 Å². The van der Waals surface area contributed by atoms with Gasteiger partial charge in [0.1, 0.15) is 0 Å². The third-order valence-electron chi connectivity index (χ3n) is 3.36. The van der Waals surface area contributed by atoms with Crippen molar-refractivity contribution in [1.29, 1.82) is 0 Å². The molecule has 3 nitrogen and oxygen atoms in total. The van der Waals surface area contributed by atoms with Gasteiger partial charge in [-0.1, -0.05) is 13.8 Å². The van der Waals surface area contributed by atoms with Crippen molar-refractivity contribution in [2.45, 2.75) is 51.6 Å². The van der Waals surface area contributed by atoms with Gasteiger partial charge in [0.25, 0.3) is 0 Å². The van der Waals surface area contributed by atoms with Gasteiger partial charge in [-0.15, -0.1) is 0 Å². The predicted molar refractivity (Wildman–Crippen MR) is 60.6 cm³/mol. The summed E-state index contributed by atoms with van der Waals surface area (Å²) in [5, 5.41) is 3.64. The van der Waals surface area contributed by atoms with Crippen molar-refractivity contribution in [3.8, 4) is 0 Å². The number of nitrogens with zero attached hydrogens (tertiary/aromatic N) is 1. The number of hydrogen-bond donors (Lipinski definition) is 1. The third-order valence-corrected chi connectivity index (χ3v) is 3.36. The molecule has 3 heteroatoms. The summed E-state index contributed by atoms with van der Waals surface area (Å²) >= 11 is 0. The number of nitrogens with one attached hydrogen (secondary N) is 1. The molecule has 15 heavy (non-hydrogen) atoms. The Morgan fingerprint density at radius 2 is 2.07 bits per heavy atom. The second-order valence-electron chi connectivity index (χ2n) is 5.13. The fraction of sp³-hybridized carbons (Fsp3) is 0.917. The molecular formula is C12H22N2O. The van der Waals surface area contributed by atoms with Gasteiger partial charge in [0.05, 0.1) is 0 Å². The van der Waals surface area contributed by atoms with Crippen molar-refractivity contribution in [3.05, 3.63) is 0 Å². The minimum Gasteiger partial charge on any atom is -0.341 e. The summed E-state index contributed by atoms with van der Waals surface area (Å²) in [6.45, 7) is 6.07. The maximum atomic E-state index is 11.7. The number of amides is 1. The summed E-state index contributed by atoms with van der Waals surface area (Å²) in [6, 6.07) is 1.29. The molecule has 1 amide bonds. The van der Waals surface area contributed by atoms with E-state index < -0.39 is 0 Å². The monoisotopic (exact) mass is 210 g/mol. The van der Waals surface area contributed by atoms with Crippen LogP contribution in [0.3, 0.4) is 0 Å². The van der Waals surface area contributed by atoms with Crippen LogP contribution < -0.4 is 5.32 Å². The average Bonchev–Trinajstić information content (AvgIpc) is 2.99. The zero-order chi connectivity index (χ0) is 10.8. The zero-order valence-electron chi connectivity index (χ0n) is 9.83. The van der Waals surface area contributed by atoms with Crippen LogP contribution in [0.15, 0.2) is 0 Å². The molecule has 86 valence electrons. The highest BCUT2D eigenvalue weighted by Crippen LogP contribution is 2.23. The van der Waals surface area contributed by atoms with Crippen LogP contribution in [0, 0.1) is 5.92 Å². The van der Waals surface area contributed by atoms with Gasteiger partial charge >= 0.3 is 0 Å².